The van der Waals surface area contributed by atoms with Gasteiger partial charge in [0.25, 0.3) is 0 Å². The number of hydrogen-bond acceptors (Lipinski definition) is 4. The molecule has 0 saturated heterocycles. The maximum absolute atomic E-state index is 5.93. The summed E-state index contributed by atoms with van der Waals surface area (Å²) in [6, 6.07) is 14.4. The second-order valence-corrected chi connectivity index (χ2v) is 7.05. The van der Waals surface area contributed by atoms with Crippen LogP contribution in [0.25, 0.3) is 22.3 Å². The average Bonchev–Trinajstić information content (AvgIpc) is 2.72. The summed E-state index contributed by atoms with van der Waals surface area (Å²) >= 11 is 0. The van der Waals surface area contributed by atoms with Crippen LogP contribution in [0.1, 0.15) is 16.7 Å². The Morgan fingerprint density at radius 1 is 0.517 bits per heavy atom. The van der Waals surface area contributed by atoms with Gasteiger partial charge in [0.2, 0.25) is 0 Å². The molecular formula is C25H28O4. The summed E-state index contributed by atoms with van der Waals surface area (Å²) in [5.74, 6) is 3.30. The van der Waals surface area contributed by atoms with Crippen LogP contribution in [0.2, 0.25) is 0 Å². The van der Waals surface area contributed by atoms with E-state index in [1.807, 2.05) is 32.0 Å². The van der Waals surface area contributed by atoms with Crippen LogP contribution in [0.5, 0.6) is 23.0 Å². The Morgan fingerprint density at radius 2 is 1.03 bits per heavy atom. The monoisotopic (exact) mass is 392 g/mol. The smallest absolute Gasteiger partial charge is 0.138 e. The topological polar surface area (TPSA) is 36.9 Å². The molecule has 0 spiro atoms. The van der Waals surface area contributed by atoms with Crippen molar-refractivity contribution in [1.82, 2.24) is 0 Å². The molecule has 152 valence electrons. The first-order valence-electron chi connectivity index (χ1n) is 9.50. The van der Waals surface area contributed by atoms with Gasteiger partial charge in [0.15, 0.2) is 0 Å². The van der Waals surface area contributed by atoms with Crippen molar-refractivity contribution < 1.29 is 18.9 Å². The average molecular weight is 392 g/mol. The quantitative estimate of drug-likeness (QED) is 0.517. The van der Waals surface area contributed by atoms with Crippen LogP contribution in [0, 0.1) is 20.8 Å². The van der Waals surface area contributed by atoms with Crippen LogP contribution < -0.4 is 18.9 Å². The van der Waals surface area contributed by atoms with Crippen LogP contribution in [-0.2, 0) is 0 Å². The molecular weight excluding hydrogens is 364 g/mol. The van der Waals surface area contributed by atoms with E-state index in [1.54, 1.807) is 28.4 Å². The molecule has 0 aliphatic rings. The molecule has 0 unspecified atom stereocenters. The van der Waals surface area contributed by atoms with E-state index >= 15 is 0 Å². The predicted octanol–water partition coefficient (Wildman–Crippen LogP) is 5.98. The minimum atomic E-state index is 0.779. The van der Waals surface area contributed by atoms with E-state index in [-0.39, 0.29) is 0 Å². The second kappa shape index (κ2) is 8.48. The van der Waals surface area contributed by atoms with Crippen molar-refractivity contribution in [3.8, 4) is 45.3 Å². The third-order valence-electron chi connectivity index (χ3n) is 5.22. The fraction of sp³-hybridized carbons (Fsp3) is 0.280. The van der Waals surface area contributed by atoms with Crippen LogP contribution >= 0.6 is 0 Å². The van der Waals surface area contributed by atoms with Crippen molar-refractivity contribution in [3.05, 3.63) is 59.2 Å². The minimum absolute atomic E-state index is 0.779. The molecule has 0 amide bonds. The fourth-order valence-electron chi connectivity index (χ4n) is 3.81. The lowest BCUT2D eigenvalue weighted by atomic mass is 9.92. The van der Waals surface area contributed by atoms with Crippen molar-refractivity contribution in [2.45, 2.75) is 20.8 Å². The van der Waals surface area contributed by atoms with Crippen molar-refractivity contribution in [2.75, 3.05) is 28.4 Å². The van der Waals surface area contributed by atoms with Crippen LogP contribution in [0.15, 0.2) is 42.5 Å². The number of hydrogen-bond donors (Lipinski definition) is 0. The molecule has 0 aromatic heterocycles. The molecule has 4 nitrogen and oxygen atoms in total. The molecule has 0 N–H and O–H groups in total. The van der Waals surface area contributed by atoms with Gasteiger partial charge in [-0.15, -0.1) is 0 Å². The van der Waals surface area contributed by atoms with Crippen molar-refractivity contribution in [3.63, 3.8) is 0 Å². The first-order chi connectivity index (χ1) is 13.9. The van der Waals surface area contributed by atoms with E-state index in [0.717, 1.165) is 61.9 Å². The van der Waals surface area contributed by atoms with Gasteiger partial charge in [-0.05, 0) is 78.9 Å². The number of benzene rings is 3. The minimum Gasteiger partial charge on any atom is -0.496 e. The van der Waals surface area contributed by atoms with Crippen molar-refractivity contribution in [1.29, 1.82) is 0 Å². The van der Waals surface area contributed by atoms with E-state index in [9.17, 15) is 0 Å². The molecule has 0 saturated carbocycles. The lowest BCUT2D eigenvalue weighted by molar-refractivity contribution is 0.396. The van der Waals surface area contributed by atoms with Gasteiger partial charge in [-0.25, -0.2) is 0 Å². The Kier molecular flexibility index (Phi) is 6.02. The Bertz CT molecular complexity index is 1040. The highest BCUT2D eigenvalue weighted by atomic mass is 16.5. The van der Waals surface area contributed by atoms with Gasteiger partial charge in [0.1, 0.15) is 23.0 Å². The maximum atomic E-state index is 5.93. The Labute approximate surface area is 173 Å². The van der Waals surface area contributed by atoms with Gasteiger partial charge in [0, 0.05) is 5.56 Å². The molecule has 3 aromatic rings. The summed E-state index contributed by atoms with van der Waals surface area (Å²) < 4.78 is 22.6. The Morgan fingerprint density at radius 3 is 1.52 bits per heavy atom. The van der Waals surface area contributed by atoms with Gasteiger partial charge in [-0.1, -0.05) is 12.1 Å². The normalized spacial score (nSPS) is 10.6. The lowest BCUT2D eigenvalue weighted by Gasteiger charge is -2.21. The van der Waals surface area contributed by atoms with Gasteiger partial charge >= 0.3 is 0 Å². The van der Waals surface area contributed by atoms with E-state index in [4.69, 9.17) is 18.9 Å². The van der Waals surface area contributed by atoms with Crippen molar-refractivity contribution in [2.24, 2.45) is 0 Å². The molecule has 0 radical (unpaired) electrons. The summed E-state index contributed by atoms with van der Waals surface area (Å²) in [6.45, 7) is 6.13. The molecule has 3 aromatic carbocycles. The summed E-state index contributed by atoms with van der Waals surface area (Å²) in [7, 11) is 6.76. The fourth-order valence-corrected chi connectivity index (χ4v) is 3.81. The highest BCUT2D eigenvalue weighted by Gasteiger charge is 2.21. The van der Waals surface area contributed by atoms with Crippen LogP contribution in [0.4, 0.5) is 0 Å². The SMILES string of the molecule is COc1ccc(-c2cc(C)c(OC)c(-c3ccc(OC)c(C)c3)c2OC)cc1C. The molecule has 29 heavy (non-hydrogen) atoms. The number of ether oxygens (including phenoxy) is 4. The molecule has 4 heteroatoms. The first-order valence-corrected chi connectivity index (χ1v) is 9.50. The standard InChI is InChI=1S/C25H28O4/c1-15-12-18(8-10-21(15)26-4)20-14-17(3)24(28-6)23(25(20)29-7)19-9-11-22(27-5)16(2)13-19/h8-14H,1-7H3. The van der Waals surface area contributed by atoms with Gasteiger partial charge in [-0.3, -0.25) is 0 Å². The van der Waals surface area contributed by atoms with E-state index in [1.165, 1.54) is 0 Å². The number of rotatable bonds is 6. The van der Waals surface area contributed by atoms with E-state index in [2.05, 4.69) is 31.2 Å². The lowest BCUT2D eigenvalue weighted by Crippen LogP contribution is -1.99. The van der Waals surface area contributed by atoms with Crippen LogP contribution in [-0.4, -0.2) is 28.4 Å². The zero-order valence-electron chi connectivity index (χ0n) is 18.2. The van der Waals surface area contributed by atoms with Gasteiger partial charge in [0.05, 0.1) is 34.0 Å². The largest absolute Gasteiger partial charge is 0.496 e. The summed E-state index contributed by atoms with van der Waals surface area (Å²) in [6.07, 6.45) is 0. The maximum Gasteiger partial charge on any atom is 0.138 e. The molecule has 0 bridgehead atoms. The second-order valence-electron chi connectivity index (χ2n) is 7.05. The molecule has 0 fully saturated rings. The Balaban J connectivity index is 2.30. The zero-order chi connectivity index (χ0) is 21.1. The molecule has 0 aliphatic heterocycles. The molecule has 0 aliphatic carbocycles. The highest BCUT2D eigenvalue weighted by Crippen LogP contribution is 2.47. The molecule has 3 rings (SSSR count). The van der Waals surface area contributed by atoms with Crippen molar-refractivity contribution >= 4 is 0 Å². The van der Waals surface area contributed by atoms with E-state index in [0.29, 0.717) is 0 Å². The third kappa shape index (κ3) is 3.75. The van der Waals surface area contributed by atoms with Gasteiger partial charge < -0.3 is 18.9 Å². The van der Waals surface area contributed by atoms with E-state index < -0.39 is 0 Å². The highest BCUT2D eigenvalue weighted by molar-refractivity contribution is 5.88. The Hall–Kier alpha value is -3.14. The number of aryl methyl sites for hydroxylation is 3. The summed E-state index contributed by atoms with van der Waals surface area (Å²) in [5.41, 5.74) is 7.20. The summed E-state index contributed by atoms with van der Waals surface area (Å²) in [4.78, 5) is 0. The summed E-state index contributed by atoms with van der Waals surface area (Å²) in [5, 5.41) is 0. The third-order valence-corrected chi connectivity index (χ3v) is 5.22. The first kappa shape index (κ1) is 20.6. The molecule has 0 atom stereocenters. The van der Waals surface area contributed by atoms with Gasteiger partial charge in [-0.2, -0.15) is 0 Å². The number of methoxy groups -OCH3 is 4. The molecule has 0 heterocycles. The predicted molar refractivity (Wildman–Crippen MR) is 118 cm³/mol. The zero-order valence-corrected chi connectivity index (χ0v) is 18.2. The van der Waals surface area contributed by atoms with Crippen LogP contribution in [0.3, 0.4) is 0 Å².